The molecule has 0 atom stereocenters. The minimum absolute atomic E-state index is 0.0324. The number of amides is 2. The van der Waals surface area contributed by atoms with Crippen LogP contribution in [0, 0.1) is 11.7 Å². The SMILES string of the molecule is Cn1cccc(C(=O)N2CCC(CNC(=O)c3ccccc3F)CC2)c1=O. The maximum Gasteiger partial charge on any atom is 0.263 e. The zero-order valence-corrected chi connectivity index (χ0v) is 15.2. The van der Waals surface area contributed by atoms with Crippen LogP contribution in [-0.4, -0.2) is 40.9 Å². The summed E-state index contributed by atoms with van der Waals surface area (Å²) in [5.41, 5.74) is -0.0990. The molecular formula is C20H22FN3O3. The maximum atomic E-state index is 13.6. The third kappa shape index (κ3) is 4.24. The highest BCUT2D eigenvalue weighted by Crippen LogP contribution is 2.18. The predicted molar refractivity (Wildman–Crippen MR) is 99.0 cm³/mol. The van der Waals surface area contributed by atoms with Crippen molar-refractivity contribution >= 4 is 11.8 Å². The molecule has 0 spiro atoms. The number of likely N-dealkylation sites (tertiary alicyclic amines) is 1. The van der Waals surface area contributed by atoms with Crippen LogP contribution in [0.5, 0.6) is 0 Å². The number of aryl methyl sites for hydroxylation is 1. The third-order valence-corrected chi connectivity index (χ3v) is 4.93. The number of nitrogens with one attached hydrogen (secondary N) is 1. The van der Waals surface area contributed by atoms with Crippen molar-refractivity contribution < 1.29 is 14.0 Å². The van der Waals surface area contributed by atoms with E-state index in [1.165, 1.54) is 16.7 Å². The molecule has 0 aliphatic carbocycles. The number of benzene rings is 1. The fraction of sp³-hybridized carbons (Fsp3) is 0.350. The zero-order valence-electron chi connectivity index (χ0n) is 15.2. The van der Waals surface area contributed by atoms with Gasteiger partial charge in [0.05, 0.1) is 5.56 Å². The molecule has 7 heteroatoms. The summed E-state index contributed by atoms with van der Waals surface area (Å²) < 4.78 is 15.0. The Balaban J connectivity index is 1.52. The Hall–Kier alpha value is -2.96. The Kier molecular flexibility index (Phi) is 5.69. The van der Waals surface area contributed by atoms with Crippen LogP contribution in [-0.2, 0) is 7.05 Å². The molecule has 2 amide bonds. The van der Waals surface area contributed by atoms with Crippen molar-refractivity contribution in [2.45, 2.75) is 12.8 Å². The van der Waals surface area contributed by atoms with Crippen molar-refractivity contribution in [1.29, 1.82) is 0 Å². The summed E-state index contributed by atoms with van der Waals surface area (Å²) in [7, 11) is 1.61. The van der Waals surface area contributed by atoms with Gasteiger partial charge >= 0.3 is 0 Å². The van der Waals surface area contributed by atoms with Gasteiger partial charge in [-0.25, -0.2) is 4.39 Å². The lowest BCUT2D eigenvalue weighted by atomic mass is 9.96. The molecule has 1 fully saturated rings. The Labute approximate surface area is 156 Å². The normalized spacial score (nSPS) is 14.8. The van der Waals surface area contributed by atoms with E-state index >= 15 is 0 Å². The number of carbonyl (C=O) groups is 2. The first-order valence-electron chi connectivity index (χ1n) is 8.95. The Morgan fingerprint density at radius 3 is 2.48 bits per heavy atom. The average Bonchev–Trinajstić information content (AvgIpc) is 2.68. The van der Waals surface area contributed by atoms with E-state index in [0.29, 0.717) is 19.6 Å². The van der Waals surface area contributed by atoms with Gasteiger partial charge in [-0.1, -0.05) is 12.1 Å². The third-order valence-electron chi connectivity index (χ3n) is 4.93. The summed E-state index contributed by atoms with van der Waals surface area (Å²) in [6.45, 7) is 1.48. The Morgan fingerprint density at radius 2 is 1.78 bits per heavy atom. The largest absolute Gasteiger partial charge is 0.352 e. The summed E-state index contributed by atoms with van der Waals surface area (Å²) >= 11 is 0. The highest BCUT2D eigenvalue weighted by molar-refractivity contribution is 5.94. The van der Waals surface area contributed by atoms with Crippen molar-refractivity contribution in [3.63, 3.8) is 0 Å². The molecule has 27 heavy (non-hydrogen) atoms. The van der Waals surface area contributed by atoms with Gasteiger partial charge in [0.1, 0.15) is 11.4 Å². The highest BCUT2D eigenvalue weighted by Gasteiger charge is 2.25. The second kappa shape index (κ2) is 8.16. The van der Waals surface area contributed by atoms with Crippen LogP contribution in [0.2, 0.25) is 0 Å². The number of hydrogen-bond acceptors (Lipinski definition) is 3. The summed E-state index contributed by atoms with van der Waals surface area (Å²) in [6, 6.07) is 9.10. The number of piperidine rings is 1. The number of halogens is 1. The zero-order chi connectivity index (χ0) is 19.4. The lowest BCUT2D eigenvalue weighted by Gasteiger charge is -2.32. The van der Waals surface area contributed by atoms with Gasteiger partial charge in [0.25, 0.3) is 17.4 Å². The van der Waals surface area contributed by atoms with Crippen LogP contribution in [0.25, 0.3) is 0 Å². The van der Waals surface area contributed by atoms with Gasteiger partial charge in [0, 0.05) is 32.9 Å². The molecule has 0 radical (unpaired) electrons. The van der Waals surface area contributed by atoms with E-state index in [0.717, 1.165) is 12.8 Å². The molecule has 2 heterocycles. The second-order valence-electron chi connectivity index (χ2n) is 6.76. The molecule has 0 saturated carbocycles. The van der Waals surface area contributed by atoms with E-state index in [9.17, 15) is 18.8 Å². The van der Waals surface area contributed by atoms with Gasteiger partial charge in [-0.15, -0.1) is 0 Å². The summed E-state index contributed by atoms with van der Waals surface area (Å²) in [5.74, 6) is -1.02. The van der Waals surface area contributed by atoms with Crippen molar-refractivity contribution in [2.75, 3.05) is 19.6 Å². The smallest absolute Gasteiger partial charge is 0.263 e. The molecule has 1 aliphatic heterocycles. The lowest BCUT2D eigenvalue weighted by molar-refractivity contribution is 0.0681. The fourth-order valence-corrected chi connectivity index (χ4v) is 3.25. The number of aromatic nitrogens is 1. The molecule has 1 aliphatic rings. The molecule has 0 bridgehead atoms. The molecule has 1 aromatic carbocycles. The van der Waals surface area contributed by atoms with Crippen LogP contribution >= 0.6 is 0 Å². The van der Waals surface area contributed by atoms with Gasteiger partial charge in [-0.2, -0.15) is 0 Å². The van der Waals surface area contributed by atoms with Crippen molar-refractivity contribution in [1.82, 2.24) is 14.8 Å². The standard InChI is InChI=1S/C20H22FN3O3/c1-23-10-4-6-16(19(23)26)20(27)24-11-8-14(9-12-24)13-22-18(25)15-5-2-3-7-17(15)21/h2-7,10,14H,8-9,11-13H2,1H3,(H,22,25). The van der Waals surface area contributed by atoms with Gasteiger partial charge in [-0.05, 0) is 43.0 Å². The number of carbonyl (C=O) groups excluding carboxylic acids is 2. The van der Waals surface area contributed by atoms with E-state index in [4.69, 9.17) is 0 Å². The number of hydrogen-bond donors (Lipinski definition) is 1. The predicted octanol–water partition coefficient (Wildman–Crippen LogP) is 1.81. The molecule has 6 nitrogen and oxygen atoms in total. The number of nitrogens with zero attached hydrogens (tertiary/aromatic N) is 2. The molecule has 2 aromatic rings. The topological polar surface area (TPSA) is 71.4 Å². The molecule has 1 N–H and O–H groups in total. The van der Waals surface area contributed by atoms with E-state index in [1.807, 2.05) is 0 Å². The highest BCUT2D eigenvalue weighted by atomic mass is 19.1. The van der Waals surface area contributed by atoms with Crippen molar-refractivity contribution in [2.24, 2.45) is 13.0 Å². The number of rotatable bonds is 4. The van der Waals surface area contributed by atoms with Crippen LogP contribution < -0.4 is 10.9 Å². The first-order chi connectivity index (χ1) is 13.0. The Bertz CT molecular complexity index is 901. The fourth-order valence-electron chi connectivity index (χ4n) is 3.25. The van der Waals surface area contributed by atoms with Crippen molar-refractivity contribution in [3.05, 3.63) is 69.9 Å². The van der Waals surface area contributed by atoms with Crippen molar-refractivity contribution in [3.8, 4) is 0 Å². The average molecular weight is 371 g/mol. The molecule has 1 saturated heterocycles. The maximum absolute atomic E-state index is 13.6. The van der Waals surface area contributed by atoms with Gasteiger partial charge in [0.15, 0.2) is 0 Å². The van der Waals surface area contributed by atoms with E-state index < -0.39 is 11.7 Å². The summed E-state index contributed by atoms with van der Waals surface area (Å²) in [4.78, 5) is 38.4. The second-order valence-corrected chi connectivity index (χ2v) is 6.76. The van der Waals surface area contributed by atoms with Crippen LogP contribution in [0.1, 0.15) is 33.6 Å². The van der Waals surface area contributed by atoms with Crippen LogP contribution in [0.3, 0.4) is 0 Å². The molecule has 0 unspecified atom stereocenters. The summed E-state index contributed by atoms with van der Waals surface area (Å²) in [5, 5.41) is 2.77. The quantitative estimate of drug-likeness (QED) is 0.891. The Morgan fingerprint density at radius 1 is 1.11 bits per heavy atom. The summed E-state index contributed by atoms with van der Waals surface area (Å²) in [6.07, 6.45) is 3.05. The molecular weight excluding hydrogens is 349 g/mol. The van der Waals surface area contributed by atoms with Gasteiger partial charge in [-0.3, -0.25) is 14.4 Å². The molecule has 142 valence electrons. The first-order valence-corrected chi connectivity index (χ1v) is 8.95. The monoisotopic (exact) mass is 371 g/mol. The van der Waals surface area contributed by atoms with E-state index in [1.54, 1.807) is 42.4 Å². The van der Waals surface area contributed by atoms with Gasteiger partial charge in [0.2, 0.25) is 0 Å². The minimum Gasteiger partial charge on any atom is -0.352 e. The molecule has 1 aromatic heterocycles. The minimum atomic E-state index is -0.542. The number of pyridine rings is 1. The van der Waals surface area contributed by atoms with Crippen LogP contribution in [0.4, 0.5) is 4.39 Å². The van der Waals surface area contributed by atoms with Crippen LogP contribution in [0.15, 0.2) is 47.4 Å². The first kappa shape index (κ1) is 18.8. The lowest BCUT2D eigenvalue weighted by Crippen LogP contribution is -2.43. The molecule has 3 rings (SSSR count). The van der Waals surface area contributed by atoms with E-state index in [2.05, 4.69) is 5.32 Å². The van der Waals surface area contributed by atoms with E-state index in [-0.39, 0.29) is 28.5 Å². The van der Waals surface area contributed by atoms with Gasteiger partial charge < -0.3 is 14.8 Å².